The van der Waals surface area contributed by atoms with Crippen LogP contribution in [0.4, 0.5) is 0 Å². The normalized spacial score (nSPS) is 34.9. The van der Waals surface area contributed by atoms with E-state index in [9.17, 15) is 0 Å². The fraction of sp³-hybridized carbons (Fsp3) is 1.00. The fourth-order valence-corrected chi connectivity index (χ4v) is 3.82. The predicted molar refractivity (Wildman–Crippen MR) is 80.5 cm³/mol. The van der Waals surface area contributed by atoms with Crippen LogP contribution in [0.25, 0.3) is 0 Å². The van der Waals surface area contributed by atoms with Crippen molar-refractivity contribution in [2.75, 3.05) is 26.7 Å². The zero-order chi connectivity index (χ0) is 13.9. The summed E-state index contributed by atoms with van der Waals surface area (Å²) in [5, 5.41) is 3.55. The lowest BCUT2D eigenvalue weighted by atomic mass is 9.72. The molecule has 1 N–H and O–H groups in total. The first-order valence-corrected chi connectivity index (χ1v) is 8.08. The standard InChI is InChI=1S/C16H32N2O/c1-5-18(12-13-7-6-10-19-13)15-11-16(2,3)9-8-14(15)17-4/h13-15,17H,5-12H2,1-4H3. The summed E-state index contributed by atoms with van der Waals surface area (Å²) in [6.45, 7) is 10.4. The molecule has 0 bridgehead atoms. The van der Waals surface area contributed by atoms with Gasteiger partial charge < -0.3 is 10.1 Å². The minimum absolute atomic E-state index is 0.475. The Labute approximate surface area is 119 Å². The van der Waals surface area contributed by atoms with Crippen LogP contribution in [0.15, 0.2) is 0 Å². The van der Waals surface area contributed by atoms with Crippen LogP contribution in [0.5, 0.6) is 0 Å². The Balaban J connectivity index is 2.00. The second-order valence-electron chi connectivity index (χ2n) is 7.09. The zero-order valence-corrected chi connectivity index (χ0v) is 13.2. The van der Waals surface area contributed by atoms with Crippen LogP contribution in [0, 0.1) is 5.41 Å². The first-order valence-electron chi connectivity index (χ1n) is 8.08. The van der Waals surface area contributed by atoms with E-state index < -0.39 is 0 Å². The van der Waals surface area contributed by atoms with Crippen LogP contribution >= 0.6 is 0 Å². The lowest BCUT2D eigenvalue weighted by Gasteiger charge is -2.46. The van der Waals surface area contributed by atoms with Gasteiger partial charge in [-0.15, -0.1) is 0 Å². The summed E-state index contributed by atoms with van der Waals surface area (Å²) in [6, 6.07) is 1.32. The molecule has 0 aromatic carbocycles. The van der Waals surface area contributed by atoms with Crippen molar-refractivity contribution in [3.63, 3.8) is 0 Å². The second kappa shape index (κ2) is 6.55. The van der Waals surface area contributed by atoms with Gasteiger partial charge >= 0.3 is 0 Å². The lowest BCUT2D eigenvalue weighted by Crippen LogP contribution is -2.55. The average Bonchev–Trinajstić information content (AvgIpc) is 2.88. The molecule has 1 aliphatic heterocycles. The minimum Gasteiger partial charge on any atom is -0.377 e. The second-order valence-corrected chi connectivity index (χ2v) is 7.09. The van der Waals surface area contributed by atoms with Gasteiger partial charge in [0, 0.05) is 25.2 Å². The molecule has 0 amide bonds. The van der Waals surface area contributed by atoms with Crippen LogP contribution in [0.1, 0.15) is 52.9 Å². The first-order chi connectivity index (χ1) is 9.05. The molecule has 3 atom stereocenters. The molecule has 1 heterocycles. The van der Waals surface area contributed by atoms with Crippen LogP contribution < -0.4 is 5.32 Å². The summed E-state index contributed by atoms with van der Waals surface area (Å²) in [5.74, 6) is 0. The topological polar surface area (TPSA) is 24.5 Å². The Morgan fingerprint density at radius 1 is 1.32 bits per heavy atom. The van der Waals surface area contributed by atoms with Gasteiger partial charge in [0.05, 0.1) is 6.10 Å². The quantitative estimate of drug-likeness (QED) is 0.829. The Morgan fingerprint density at radius 2 is 2.11 bits per heavy atom. The molecule has 0 aromatic rings. The highest BCUT2D eigenvalue weighted by Crippen LogP contribution is 2.37. The molecule has 112 valence electrons. The monoisotopic (exact) mass is 268 g/mol. The molecule has 3 nitrogen and oxygen atoms in total. The molecule has 3 heteroatoms. The molecule has 1 aliphatic carbocycles. The van der Waals surface area contributed by atoms with Crippen molar-refractivity contribution in [2.24, 2.45) is 5.41 Å². The molecule has 0 spiro atoms. The highest BCUT2D eigenvalue weighted by molar-refractivity contribution is 4.94. The van der Waals surface area contributed by atoms with Crippen LogP contribution in [-0.4, -0.2) is 49.8 Å². The van der Waals surface area contributed by atoms with Crippen molar-refractivity contribution in [3.05, 3.63) is 0 Å². The smallest absolute Gasteiger partial charge is 0.0702 e. The van der Waals surface area contributed by atoms with Gasteiger partial charge in [-0.2, -0.15) is 0 Å². The Hall–Kier alpha value is -0.120. The maximum atomic E-state index is 5.83. The van der Waals surface area contributed by atoms with Crippen molar-refractivity contribution in [3.8, 4) is 0 Å². The Kier molecular flexibility index (Phi) is 5.27. The molecule has 3 unspecified atom stereocenters. The summed E-state index contributed by atoms with van der Waals surface area (Å²) in [4.78, 5) is 2.66. The van der Waals surface area contributed by atoms with Crippen molar-refractivity contribution < 1.29 is 4.74 Å². The summed E-state index contributed by atoms with van der Waals surface area (Å²) < 4.78 is 5.83. The molecule has 2 fully saturated rings. The SMILES string of the molecule is CCN(CC1CCCO1)C1CC(C)(C)CCC1NC. The van der Waals surface area contributed by atoms with Crippen molar-refractivity contribution >= 4 is 0 Å². The molecule has 1 saturated carbocycles. The van der Waals surface area contributed by atoms with E-state index >= 15 is 0 Å². The summed E-state index contributed by atoms with van der Waals surface area (Å²) in [5.41, 5.74) is 0.488. The van der Waals surface area contributed by atoms with Crippen molar-refractivity contribution in [1.29, 1.82) is 0 Å². The van der Waals surface area contributed by atoms with E-state index in [1.165, 1.54) is 32.1 Å². The van der Waals surface area contributed by atoms with Crippen molar-refractivity contribution in [1.82, 2.24) is 10.2 Å². The van der Waals surface area contributed by atoms with Crippen LogP contribution in [0.2, 0.25) is 0 Å². The summed E-state index contributed by atoms with van der Waals surface area (Å²) in [7, 11) is 2.12. The molecular formula is C16H32N2O. The van der Waals surface area contributed by atoms with Gasteiger partial charge in [-0.1, -0.05) is 20.8 Å². The third-order valence-corrected chi connectivity index (χ3v) is 5.07. The molecule has 2 rings (SSSR count). The molecule has 0 aromatic heterocycles. The van der Waals surface area contributed by atoms with Crippen molar-refractivity contribution in [2.45, 2.75) is 71.1 Å². The number of hydrogen-bond donors (Lipinski definition) is 1. The molecule has 2 aliphatic rings. The molecule has 0 radical (unpaired) electrons. The van der Waals surface area contributed by atoms with E-state index in [0.29, 0.717) is 23.6 Å². The highest BCUT2D eigenvalue weighted by atomic mass is 16.5. The number of nitrogens with one attached hydrogen (secondary N) is 1. The van der Waals surface area contributed by atoms with E-state index in [0.717, 1.165) is 19.7 Å². The van der Waals surface area contributed by atoms with Gasteiger partial charge in [-0.05, 0) is 51.1 Å². The number of nitrogens with zero attached hydrogens (tertiary/aromatic N) is 1. The van der Waals surface area contributed by atoms with E-state index in [2.05, 4.69) is 38.0 Å². The highest BCUT2D eigenvalue weighted by Gasteiger charge is 2.37. The van der Waals surface area contributed by atoms with Gasteiger partial charge in [0.15, 0.2) is 0 Å². The number of rotatable bonds is 5. The van der Waals surface area contributed by atoms with E-state index in [1.54, 1.807) is 0 Å². The van der Waals surface area contributed by atoms with Gasteiger partial charge in [-0.3, -0.25) is 4.90 Å². The largest absolute Gasteiger partial charge is 0.377 e. The summed E-state index contributed by atoms with van der Waals surface area (Å²) >= 11 is 0. The van der Waals surface area contributed by atoms with E-state index in [1.807, 2.05) is 0 Å². The van der Waals surface area contributed by atoms with Crippen LogP contribution in [0.3, 0.4) is 0 Å². The third kappa shape index (κ3) is 3.93. The van der Waals surface area contributed by atoms with Gasteiger partial charge in [0.2, 0.25) is 0 Å². The average molecular weight is 268 g/mol. The van der Waals surface area contributed by atoms with Gasteiger partial charge in [0.1, 0.15) is 0 Å². The molecular weight excluding hydrogens is 236 g/mol. The maximum absolute atomic E-state index is 5.83. The van der Waals surface area contributed by atoms with E-state index in [4.69, 9.17) is 4.74 Å². The first kappa shape index (κ1) is 15.3. The van der Waals surface area contributed by atoms with Crippen LogP contribution in [-0.2, 0) is 4.74 Å². The maximum Gasteiger partial charge on any atom is 0.0702 e. The number of hydrogen-bond acceptors (Lipinski definition) is 3. The lowest BCUT2D eigenvalue weighted by molar-refractivity contribution is 0.0218. The number of ether oxygens (including phenoxy) is 1. The molecule has 1 saturated heterocycles. The van der Waals surface area contributed by atoms with E-state index in [-0.39, 0.29) is 0 Å². The number of likely N-dealkylation sites (N-methyl/N-ethyl adjacent to an activating group) is 2. The third-order valence-electron chi connectivity index (χ3n) is 5.07. The van der Waals surface area contributed by atoms with Gasteiger partial charge in [-0.25, -0.2) is 0 Å². The predicted octanol–water partition coefficient (Wildman–Crippen LogP) is 2.65. The Morgan fingerprint density at radius 3 is 2.68 bits per heavy atom. The zero-order valence-electron chi connectivity index (χ0n) is 13.2. The molecule has 19 heavy (non-hydrogen) atoms. The summed E-state index contributed by atoms with van der Waals surface area (Å²) in [6.07, 6.45) is 6.91. The Bertz CT molecular complexity index is 274. The minimum atomic E-state index is 0.475. The van der Waals surface area contributed by atoms with Gasteiger partial charge in [0.25, 0.3) is 0 Å². The fourth-order valence-electron chi connectivity index (χ4n) is 3.82.